The summed E-state index contributed by atoms with van der Waals surface area (Å²) < 4.78 is 10.3. The van der Waals surface area contributed by atoms with Gasteiger partial charge in [-0.25, -0.2) is 0 Å². The van der Waals surface area contributed by atoms with Crippen molar-refractivity contribution >= 4 is 17.5 Å². The molecular weight excluding hydrogens is 320 g/mol. The normalized spacial score (nSPS) is 10.0. The largest absolute Gasteiger partial charge is 0.493 e. The van der Waals surface area contributed by atoms with Crippen LogP contribution in [-0.4, -0.2) is 39.1 Å². The number of ether oxygens (including phenoxy) is 2. The number of likely N-dealkylation sites (N-methyl/N-ethyl adjacent to an activating group) is 1. The molecule has 0 heterocycles. The van der Waals surface area contributed by atoms with Crippen molar-refractivity contribution in [3.05, 3.63) is 54.1 Å². The van der Waals surface area contributed by atoms with Crippen LogP contribution in [0, 0.1) is 0 Å². The summed E-state index contributed by atoms with van der Waals surface area (Å²) in [6.45, 7) is 2.33. The molecule has 0 saturated carbocycles. The lowest BCUT2D eigenvalue weighted by Crippen LogP contribution is -2.40. The van der Waals surface area contributed by atoms with Gasteiger partial charge in [-0.2, -0.15) is 0 Å². The van der Waals surface area contributed by atoms with Crippen LogP contribution < -0.4 is 19.7 Å². The quantitative estimate of drug-likeness (QED) is 0.839. The van der Waals surface area contributed by atoms with Crippen LogP contribution in [-0.2, 0) is 4.79 Å². The summed E-state index contributed by atoms with van der Waals surface area (Å²) >= 11 is 0. The number of nitrogens with zero attached hydrogens (tertiary/aromatic N) is 1. The van der Waals surface area contributed by atoms with Gasteiger partial charge in [-0.3, -0.25) is 9.59 Å². The minimum absolute atomic E-state index is 0.0874. The maximum absolute atomic E-state index is 12.4. The van der Waals surface area contributed by atoms with Gasteiger partial charge >= 0.3 is 0 Å². The SMILES string of the molecule is CCN(C(=O)CNC(=O)c1ccc(OC)c(OC)c1)c1ccccc1. The second kappa shape index (κ2) is 8.73. The van der Waals surface area contributed by atoms with Crippen molar-refractivity contribution in [2.75, 3.05) is 32.2 Å². The van der Waals surface area contributed by atoms with Crippen LogP contribution >= 0.6 is 0 Å². The Morgan fingerprint density at radius 3 is 2.28 bits per heavy atom. The zero-order chi connectivity index (χ0) is 18.2. The molecule has 0 aliphatic carbocycles. The molecule has 0 unspecified atom stereocenters. The van der Waals surface area contributed by atoms with Crippen LogP contribution in [0.4, 0.5) is 5.69 Å². The van der Waals surface area contributed by atoms with Crippen molar-refractivity contribution in [2.24, 2.45) is 0 Å². The summed E-state index contributed by atoms with van der Waals surface area (Å²) in [5.74, 6) is 0.471. The number of para-hydroxylation sites is 1. The Balaban J connectivity index is 2.02. The molecule has 0 aromatic heterocycles. The fraction of sp³-hybridized carbons (Fsp3) is 0.263. The van der Waals surface area contributed by atoms with E-state index in [4.69, 9.17) is 9.47 Å². The average molecular weight is 342 g/mol. The zero-order valence-electron chi connectivity index (χ0n) is 14.6. The van der Waals surface area contributed by atoms with Gasteiger partial charge in [0.25, 0.3) is 5.91 Å². The zero-order valence-corrected chi connectivity index (χ0v) is 14.6. The standard InChI is InChI=1S/C19H22N2O4/c1-4-21(15-8-6-5-7-9-15)18(22)13-20-19(23)14-10-11-16(24-2)17(12-14)25-3/h5-12H,4,13H2,1-3H3,(H,20,23). The lowest BCUT2D eigenvalue weighted by atomic mass is 10.2. The maximum Gasteiger partial charge on any atom is 0.251 e. The highest BCUT2D eigenvalue weighted by Crippen LogP contribution is 2.27. The topological polar surface area (TPSA) is 67.9 Å². The summed E-state index contributed by atoms with van der Waals surface area (Å²) in [6, 6.07) is 14.2. The number of carbonyl (C=O) groups excluding carboxylic acids is 2. The van der Waals surface area contributed by atoms with E-state index in [0.29, 0.717) is 23.6 Å². The molecule has 0 radical (unpaired) electrons. The van der Waals surface area contributed by atoms with Crippen LogP contribution in [0.2, 0.25) is 0 Å². The lowest BCUT2D eigenvalue weighted by Gasteiger charge is -2.21. The Kier molecular flexibility index (Phi) is 6.39. The second-order valence-corrected chi connectivity index (χ2v) is 5.23. The molecule has 0 atom stereocenters. The molecule has 0 spiro atoms. The van der Waals surface area contributed by atoms with E-state index in [-0.39, 0.29) is 18.4 Å². The second-order valence-electron chi connectivity index (χ2n) is 5.23. The summed E-state index contributed by atoms with van der Waals surface area (Å²) in [5.41, 5.74) is 1.20. The highest BCUT2D eigenvalue weighted by molar-refractivity contribution is 6.00. The van der Waals surface area contributed by atoms with Gasteiger partial charge in [-0.15, -0.1) is 0 Å². The van der Waals surface area contributed by atoms with Gasteiger partial charge in [0.15, 0.2) is 11.5 Å². The van der Waals surface area contributed by atoms with Gasteiger partial charge in [0.1, 0.15) is 0 Å². The number of amides is 2. The van der Waals surface area contributed by atoms with E-state index < -0.39 is 0 Å². The van der Waals surface area contributed by atoms with Crippen molar-refractivity contribution in [3.63, 3.8) is 0 Å². The number of hydrogen-bond acceptors (Lipinski definition) is 4. The fourth-order valence-corrected chi connectivity index (χ4v) is 2.44. The van der Waals surface area contributed by atoms with Gasteiger partial charge in [-0.05, 0) is 37.3 Å². The number of anilines is 1. The van der Waals surface area contributed by atoms with Gasteiger partial charge in [0, 0.05) is 17.8 Å². The molecule has 25 heavy (non-hydrogen) atoms. The number of nitrogens with one attached hydrogen (secondary N) is 1. The molecule has 6 nitrogen and oxygen atoms in total. The molecule has 2 rings (SSSR count). The van der Waals surface area contributed by atoms with Crippen LogP contribution in [0.3, 0.4) is 0 Å². The van der Waals surface area contributed by atoms with E-state index in [1.807, 2.05) is 37.3 Å². The van der Waals surface area contributed by atoms with Crippen molar-refractivity contribution in [2.45, 2.75) is 6.92 Å². The minimum atomic E-state index is -0.349. The molecule has 1 N–H and O–H groups in total. The molecule has 2 aromatic rings. The molecule has 0 aliphatic heterocycles. The van der Waals surface area contributed by atoms with Crippen molar-refractivity contribution < 1.29 is 19.1 Å². The first kappa shape index (κ1) is 18.3. The molecule has 2 amide bonds. The van der Waals surface area contributed by atoms with E-state index >= 15 is 0 Å². The fourth-order valence-electron chi connectivity index (χ4n) is 2.44. The Morgan fingerprint density at radius 1 is 1.00 bits per heavy atom. The predicted molar refractivity (Wildman–Crippen MR) is 96.3 cm³/mol. The van der Waals surface area contributed by atoms with Gasteiger partial charge in [-0.1, -0.05) is 18.2 Å². The molecular formula is C19H22N2O4. The Bertz CT molecular complexity index is 731. The molecule has 0 aliphatic rings. The predicted octanol–water partition coefficient (Wildman–Crippen LogP) is 2.49. The monoisotopic (exact) mass is 342 g/mol. The molecule has 0 fully saturated rings. The molecule has 132 valence electrons. The highest BCUT2D eigenvalue weighted by Gasteiger charge is 2.16. The van der Waals surface area contributed by atoms with E-state index in [9.17, 15) is 9.59 Å². The van der Waals surface area contributed by atoms with Gasteiger partial charge in [0.2, 0.25) is 5.91 Å². The number of benzene rings is 2. The average Bonchev–Trinajstić information content (AvgIpc) is 2.66. The Hall–Kier alpha value is -3.02. The molecule has 6 heteroatoms. The van der Waals surface area contributed by atoms with Crippen LogP contribution in [0.5, 0.6) is 11.5 Å². The Morgan fingerprint density at radius 2 is 1.68 bits per heavy atom. The molecule has 2 aromatic carbocycles. The van der Waals surface area contributed by atoms with Crippen LogP contribution in [0.15, 0.2) is 48.5 Å². The molecule has 0 saturated heterocycles. The third-order valence-corrected chi connectivity index (χ3v) is 3.73. The summed E-state index contributed by atoms with van der Waals surface area (Å²) in [7, 11) is 3.03. The van der Waals surface area contributed by atoms with E-state index in [0.717, 1.165) is 5.69 Å². The minimum Gasteiger partial charge on any atom is -0.493 e. The number of methoxy groups -OCH3 is 2. The van der Waals surface area contributed by atoms with Crippen molar-refractivity contribution in [3.8, 4) is 11.5 Å². The Labute approximate surface area is 147 Å². The summed E-state index contributed by atoms with van der Waals surface area (Å²) in [4.78, 5) is 26.3. The van der Waals surface area contributed by atoms with E-state index in [1.165, 1.54) is 14.2 Å². The summed E-state index contributed by atoms with van der Waals surface area (Å²) in [5, 5.41) is 2.65. The number of rotatable bonds is 7. The lowest BCUT2D eigenvalue weighted by molar-refractivity contribution is -0.117. The van der Waals surface area contributed by atoms with Crippen molar-refractivity contribution in [1.29, 1.82) is 0 Å². The van der Waals surface area contributed by atoms with Crippen molar-refractivity contribution in [1.82, 2.24) is 5.32 Å². The summed E-state index contributed by atoms with van der Waals surface area (Å²) in [6.07, 6.45) is 0. The van der Waals surface area contributed by atoms with Crippen LogP contribution in [0.1, 0.15) is 17.3 Å². The maximum atomic E-state index is 12.4. The van der Waals surface area contributed by atoms with Gasteiger partial charge in [0.05, 0.1) is 20.8 Å². The van der Waals surface area contributed by atoms with E-state index in [2.05, 4.69) is 5.32 Å². The first-order valence-corrected chi connectivity index (χ1v) is 7.96. The first-order chi connectivity index (χ1) is 12.1. The smallest absolute Gasteiger partial charge is 0.251 e. The highest BCUT2D eigenvalue weighted by atomic mass is 16.5. The van der Waals surface area contributed by atoms with E-state index in [1.54, 1.807) is 23.1 Å². The molecule has 0 bridgehead atoms. The number of hydrogen-bond donors (Lipinski definition) is 1. The third-order valence-electron chi connectivity index (χ3n) is 3.73. The van der Waals surface area contributed by atoms with Gasteiger partial charge < -0.3 is 19.7 Å². The van der Waals surface area contributed by atoms with Crippen LogP contribution in [0.25, 0.3) is 0 Å². The third kappa shape index (κ3) is 4.50. The number of carbonyl (C=O) groups is 2. The first-order valence-electron chi connectivity index (χ1n) is 7.96.